The Morgan fingerprint density at radius 2 is 1.82 bits per heavy atom. The second kappa shape index (κ2) is 10.7. The number of carbonyl (C=O) groups is 2. The number of hydrogen-bond donors (Lipinski definition) is 0. The van der Waals surface area contributed by atoms with E-state index in [1.807, 2.05) is 42.5 Å². The first-order valence-electron chi connectivity index (χ1n) is 11.5. The predicted molar refractivity (Wildman–Crippen MR) is 128 cm³/mol. The molecule has 0 bridgehead atoms. The van der Waals surface area contributed by atoms with Crippen molar-refractivity contribution >= 4 is 17.5 Å². The molecule has 2 aromatic carbocycles. The molecule has 4 rings (SSSR count). The summed E-state index contributed by atoms with van der Waals surface area (Å²) in [5, 5.41) is 6.27. The lowest BCUT2D eigenvalue weighted by molar-refractivity contribution is -0.142. The van der Waals surface area contributed by atoms with Gasteiger partial charge in [0, 0.05) is 37.6 Å². The molecule has 1 aliphatic heterocycles. The van der Waals surface area contributed by atoms with E-state index in [4.69, 9.17) is 19.3 Å². The molecule has 0 unspecified atom stereocenters. The smallest absolute Gasteiger partial charge is 0.262 e. The summed E-state index contributed by atoms with van der Waals surface area (Å²) >= 11 is 0. The molecular formula is C26H31N3O5. The highest BCUT2D eigenvalue weighted by atomic mass is 16.5. The number of amides is 2. The lowest BCUT2D eigenvalue weighted by Gasteiger charge is -2.27. The van der Waals surface area contributed by atoms with Crippen LogP contribution in [0.5, 0.6) is 11.5 Å². The summed E-state index contributed by atoms with van der Waals surface area (Å²) in [6.45, 7) is 0.730. The largest absolute Gasteiger partial charge is 0.497 e. The van der Waals surface area contributed by atoms with E-state index in [2.05, 4.69) is 0 Å². The Bertz CT molecular complexity index is 1050. The predicted octanol–water partition coefficient (Wildman–Crippen LogP) is 3.27. The zero-order valence-corrected chi connectivity index (χ0v) is 19.9. The molecule has 1 saturated carbocycles. The molecule has 0 N–H and O–H groups in total. The Labute approximate surface area is 200 Å². The Hall–Kier alpha value is -3.39. The average Bonchev–Trinajstić information content (AvgIpc) is 3.64. The van der Waals surface area contributed by atoms with Crippen LogP contribution in [0.4, 0.5) is 0 Å². The minimum atomic E-state index is -0.268. The summed E-state index contributed by atoms with van der Waals surface area (Å²) in [6.07, 6.45) is 2.30. The van der Waals surface area contributed by atoms with Gasteiger partial charge in [-0.15, -0.1) is 0 Å². The molecule has 180 valence electrons. The third kappa shape index (κ3) is 5.22. The summed E-state index contributed by atoms with van der Waals surface area (Å²) in [7, 11) is 4.79. The van der Waals surface area contributed by atoms with Gasteiger partial charge in [0.1, 0.15) is 18.0 Å². The lowest BCUT2D eigenvalue weighted by atomic mass is 9.98. The lowest BCUT2D eigenvalue weighted by Crippen LogP contribution is -2.43. The van der Waals surface area contributed by atoms with Crippen LogP contribution in [0.1, 0.15) is 36.4 Å². The van der Waals surface area contributed by atoms with Gasteiger partial charge in [-0.1, -0.05) is 30.3 Å². The molecule has 8 heteroatoms. The normalized spacial score (nSPS) is 17.3. The van der Waals surface area contributed by atoms with E-state index in [0.717, 1.165) is 29.7 Å². The van der Waals surface area contributed by atoms with Crippen molar-refractivity contribution in [2.45, 2.75) is 25.3 Å². The van der Waals surface area contributed by atoms with Gasteiger partial charge in [-0.25, -0.2) is 5.01 Å². The van der Waals surface area contributed by atoms with Crippen molar-refractivity contribution in [2.75, 3.05) is 41.0 Å². The van der Waals surface area contributed by atoms with Gasteiger partial charge in [0.2, 0.25) is 5.91 Å². The van der Waals surface area contributed by atoms with Crippen molar-refractivity contribution in [1.29, 1.82) is 0 Å². The first-order chi connectivity index (χ1) is 16.5. The van der Waals surface area contributed by atoms with Gasteiger partial charge in [-0.2, -0.15) is 5.10 Å². The zero-order valence-electron chi connectivity index (χ0n) is 19.9. The quantitative estimate of drug-likeness (QED) is 0.538. The van der Waals surface area contributed by atoms with E-state index < -0.39 is 0 Å². The van der Waals surface area contributed by atoms with E-state index in [0.29, 0.717) is 31.1 Å². The Kier molecular flexibility index (Phi) is 7.47. The minimum absolute atomic E-state index is 0.0156. The SMILES string of the molecule is COCCN(CC(=O)N1N=C(c2ccc(OC)cc2OC)C[C@H]1c1ccccc1)C(=O)C1CC1. The molecule has 8 nitrogen and oxygen atoms in total. The number of nitrogens with zero attached hydrogens (tertiary/aromatic N) is 3. The summed E-state index contributed by atoms with van der Waals surface area (Å²) in [5.41, 5.74) is 2.54. The number of benzene rings is 2. The van der Waals surface area contributed by atoms with E-state index in [-0.39, 0.29) is 30.3 Å². The molecule has 2 amide bonds. The van der Waals surface area contributed by atoms with Gasteiger partial charge in [-0.3, -0.25) is 9.59 Å². The maximum absolute atomic E-state index is 13.5. The van der Waals surface area contributed by atoms with Gasteiger partial charge in [0.15, 0.2) is 0 Å². The van der Waals surface area contributed by atoms with E-state index >= 15 is 0 Å². The molecule has 0 aromatic heterocycles. The monoisotopic (exact) mass is 465 g/mol. The second-order valence-corrected chi connectivity index (χ2v) is 8.51. The standard InChI is InChI=1S/C26H31N3O5/c1-32-14-13-28(26(31)19-9-10-19)17-25(30)29-23(18-7-5-4-6-8-18)16-22(27-29)21-12-11-20(33-2)15-24(21)34-3/h4-8,11-12,15,19,23H,9-10,13-14,16-17H2,1-3H3/t23-/m0/s1. The highest BCUT2D eigenvalue weighted by molar-refractivity contribution is 6.05. The molecule has 34 heavy (non-hydrogen) atoms. The van der Waals surface area contributed by atoms with Gasteiger partial charge >= 0.3 is 0 Å². The Morgan fingerprint density at radius 3 is 2.47 bits per heavy atom. The summed E-state index contributed by atoms with van der Waals surface area (Å²) in [6, 6.07) is 15.1. The summed E-state index contributed by atoms with van der Waals surface area (Å²) < 4.78 is 16.1. The molecule has 0 spiro atoms. The van der Waals surface area contributed by atoms with Crippen LogP contribution in [0.15, 0.2) is 53.6 Å². The van der Waals surface area contributed by atoms with Crippen LogP contribution < -0.4 is 9.47 Å². The third-order valence-electron chi connectivity index (χ3n) is 6.20. The fourth-order valence-electron chi connectivity index (χ4n) is 4.17. The van der Waals surface area contributed by atoms with Crippen molar-refractivity contribution in [3.05, 3.63) is 59.7 Å². The van der Waals surface area contributed by atoms with Gasteiger partial charge < -0.3 is 19.1 Å². The fraction of sp³-hybridized carbons (Fsp3) is 0.423. The van der Waals surface area contributed by atoms with Crippen molar-refractivity contribution in [3.63, 3.8) is 0 Å². The topological polar surface area (TPSA) is 80.7 Å². The molecule has 0 radical (unpaired) electrons. The first-order valence-corrected chi connectivity index (χ1v) is 11.5. The number of carbonyl (C=O) groups excluding carboxylic acids is 2. The molecule has 1 atom stereocenters. The van der Waals surface area contributed by atoms with Gasteiger partial charge in [-0.05, 0) is 30.5 Å². The van der Waals surface area contributed by atoms with Crippen LogP contribution in [-0.2, 0) is 14.3 Å². The second-order valence-electron chi connectivity index (χ2n) is 8.51. The zero-order chi connectivity index (χ0) is 24.1. The number of hydrazone groups is 1. The number of rotatable bonds is 10. The number of ether oxygens (including phenoxy) is 3. The molecule has 0 saturated heterocycles. The van der Waals surface area contributed by atoms with Crippen molar-refractivity contribution < 1.29 is 23.8 Å². The van der Waals surface area contributed by atoms with Crippen LogP contribution >= 0.6 is 0 Å². The molecule has 1 aliphatic carbocycles. The Balaban J connectivity index is 1.63. The van der Waals surface area contributed by atoms with Crippen LogP contribution in [0.3, 0.4) is 0 Å². The van der Waals surface area contributed by atoms with E-state index in [9.17, 15) is 9.59 Å². The van der Waals surface area contributed by atoms with E-state index in [1.54, 1.807) is 32.3 Å². The number of methoxy groups -OCH3 is 3. The first kappa shape index (κ1) is 23.8. The maximum Gasteiger partial charge on any atom is 0.262 e. The highest BCUT2D eigenvalue weighted by Gasteiger charge is 2.38. The van der Waals surface area contributed by atoms with Gasteiger partial charge in [0.25, 0.3) is 5.91 Å². The fourth-order valence-corrected chi connectivity index (χ4v) is 4.17. The minimum Gasteiger partial charge on any atom is -0.497 e. The third-order valence-corrected chi connectivity index (χ3v) is 6.20. The summed E-state index contributed by atoms with van der Waals surface area (Å²) in [4.78, 5) is 27.9. The van der Waals surface area contributed by atoms with Crippen LogP contribution in [0.25, 0.3) is 0 Å². The molecule has 2 aliphatic rings. The summed E-state index contributed by atoms with van der Waals surface area (Å²) in [5.74, 6) is 1.13. The van der Waals surface area contributed by atoms with Crippen molar-refractivity contribution in [2.24, 2.45) is 11.0 Å². The molecule has 2 aromatic rings. The Morgan fingerprint density at radius 1 is 1.06 bits per heavy atom. The average molecular weight is 466 g/mol. The molecule has 1 heterocycles. The number of hydrogen-bond acceptors (Lipinski definition) is 6. The van der Waals surface area contributed by atoms with Crippen molar-refractivity contribution in [3.8, 4) is 11.5 Å². The van der Waals surface area contributed by atoms with Crippen LogP contribution in [-0.4, -0.2) is 68.5 Å². The molecular weight excluding hydrogens is 434 g/mol. The van der Waals surface area contributed by atoms with E-state index in [1.165, 1.54) is 5.01 Å². The van der Waals surface area contributed by atoms with Crippen LogP contribution in [0.2, 0.25) is 0 Å². The van der Waals surface area contributed by atoms with Crippen molar-refractivity contribution in [1.82, 2.24) is 9.91 Å². The van der Waals surface area contributed by atoms with Crippen LogP contribution in [0, 0.1) is 5.92 Å². The highest BCUT2D eigenvalue weighted by Crippen LogP contribution is 2.36. The molecule has 1 fully saturated rings. The maximum atomic E-state index is 13.5. The van der Waals surface area contributed by atoms with Gasteiger partial charge in [0.05, 0.1) is 32.6 Å².